The molecule has 24 heavy (non-hydrogen) atoms. The Morgan fingerprint density at radius 1 is 1.04 bits per heavy atom. The molecule has 2 N–H and O–H groups in total. The monoisotopic (exact) mass is 326 g/mol. The molecule has 5 nitrogen and oxygen atoms in total. The summed E-state index contributed by atoms with van der Waals surface area (Å²) < 4.78 is 5.59. The second-order valence-electron chi connectivity index (χ2n) is 5.53. The zero-order chi connectivity index (χ0) is 17.4. The third-order valence-electron chi connectivity index (χ3n) is 3.40. The number of rotatable bonds is 7. The lowest BCUT2D eigenvalue weighted by atomic mass is 10.1. The number of carbonyl (C=O) groups excluding carboxylic acids is 2. The second kappa shape index (κ2) is 8.72. The van der Waals surface area contributed by atoms with Crippen LogP contribution in [0.15, 0.2) is 48.5 Å². The van der Waals surface area contributed by atoms with Crippen LogP contribution in [0.3, 0.4) is 0 Å². The van der Waals surface area contributed by atoms with E-state index in [-0.39, 0.29) is 11.8 Å². The summed E-state index contributed by atoms with van der Waals surface area (Å²) in [4.78, 5) is 22.9. The van der Waals surface area contributed by atoms with E-state index in [0.29, 0.717) is 25.3 Å². The minimum absolute atomic E-state index is 0.0783. The Bertz CT molecular complexity index is 696. The maximum atomic E-state index is 12.1. The van der Waals surface area contributed by atoms with Crippen molar-refractivity contribution in [2.24, 2.45) is 0 Å². The Morgan fingerprint density at radius 2 is 1.79 bits per heavy atom. The first-order valence-corrected chi connectivity index (χ1v) is 7.85. The standard InChI is InChI=1S/C19H22N2O3/c1-14-4-3-5-18(12-14)24-11-10-20-19(23)17-8-6-16(7-9-17)13-21-15(2)22/h3-9,12H,10-11,13H2,1-2H3,(H,20,23)(H,21,22). The number of aryl methyl sites for hydroxylation is 1. The Labute approximate surface area is 142 Å². The summed E-state index contributed by atoms with van der Waals surface area (Å²) in [5, 5.41) is 5.54. The molecule has 0 saturated carbocycles. The van der Waals surface area contributed by atoms with Crippen LogP contribution in [0.2, 0.25) is 0 Å². The van der Waals surface area contributed by atoms with Crippen molar-refractivity contribution in [1.82, 2.24) is 10.6 Å². The van der Waals surface area contributed by atoms with Gasteiger partial charge in [-0.1, -0.05) is 24.3 Å². The van der Waals surface area contributed by atoms with Gasteiger partial charge in [-0.15, -0.1) is 0 Å². The molecule has 0 saturated heterocycles. The van der Waals surface area contributed by atoms with Crippen LogP contribution in [-0.4, -0.2) is 25.0 Å². The number of ether oxygens (including phenoxy) is 1. The molecule has 0 aliphatic carbocycles. The molecular formula is C19H22N2O3. The minimum Gasteiger partial charge on any atom is -0.492 e. The Hall–Kier alpha value is -2.82. The van der Waals surface area contributed by atoms with Crippen LogP contribution < -0.4 is 15.4 Å². The van der Waals surface area contributed by atoms with Crippen molar-refractivity contribution in [3.63, 3.8) is 0 Å². The van der Waals surface area contributed by atoms with Gasteiger partial charge in [0.25, 0.3) is 5.91 Å². The van der Waals surface area contributed by atoms with Crippen LogP contribution in [-0.2, 0) is 11.3 Å². The van der Waals surface area contributed by atoms with E-state index in [2.05, 4.69) is 10.6 Å². The van der Waals surface area contributed by atoms with Crippen molar-refractivity contribution in [3.8, 4) is 5.75 Å². The van der Waals surface area contributed by atoms with Gasteiger partial charge in [0.1, 0.15) is 12.4 Å². The number of amides is 2. The van der Waals surface area contributed by atoms with Gasteiger partial charge in [-0.2, -0.15) is 0 Å². The van der Waals surface area contributed by atoms with Crippen molar-refractivity contribution in [2.45, 2.75) is 20.4 Å². The van der Waals surface area contributed by atoms with Crippen molar-refractivity contribution < 1.29 is 14.3 Å². The van der Waals surface area contributed by atoms with E-state index in [9.17, 15) is 9.59 Å². The van der Waals surface area contributed by atoms with Gasteiger partial charge in [-0.3, -0.25) is 9.59 Å². The molecule has 0 fully saturated rings. The Morgan fingerprint density at radius 3 is 2.46 bits per heavy atom. The fourth-order valence-electron chi connectivity index (χ4n) is 2.14. The van der Waals surface area contributed by atoms with Gasteiger partial charge in [0.05, 0.1) is 6.54 Å². The summed E-state index contributed by atoms with van der Waals surface area (Å²) >= 11 is 0. The molecule has 2 aromatic carbocycles. The highest BCUT2D eigenvalue weighted by Gasteiger charge is 2.05. The average molecular weight is 326 g/mol. The molecule has 2 rings (SSSR count). The summed E-state index contributed by atoms with van der Waals surface area (Å²) in [6, 6.07) is 14.9. The van der Waals surface area contributed by atoms with E-state index < -0.39 is 0 Å². The lowest BCUT2D eigenvalue weighted by Crippen LogP contribution is -2.28. The van der Waals surface area contributed by atoms with E-state index in [4.69, 9.17) is 4.74 Å². The van der Waals surface area contributed by atoms with Gasteiger partial charge in [-0.25, -0.2) is 0 Å². The molecule has 0 aromatic heterocycles. The molecule has 0 aliphatic heterocycles. The largest absolute Gasteiger partial charge is 0.492 e. The smallest absolute Gasteiger partial charge is 0.251 e. The summed E-state index contributed by atoms with van der Waals surface area (Å²) in [5.41, 5.74) is 2.66. The maximum Gasteiger partial charge on any atom is 0.251 e. The molecule has 126 valence electrons. The molecule has 0 aliphatic rings. The van der Waals surface area contributed by atoms with Crippen molar-refractivity contribution in [1.29, 1.82) is 0 Å². The molecule has 0 bridgehead atoms. The fourth-order valence-corrected chi connectivity index (χ4v) is 2.14. The molecular weight excluding hydrogens is 304 g/mol. The van der Waals surface area contributed by atoms with Crippen molar-refractivity contribution in [2.75, 3.05) is 13.2 Å². The normalized spacial score (nSPS) is 10.1. The van der Waals surface area contributed by atoms with Gasteiger partial charge < -0.3 is 15.4 Å². The third kappa shape index (κ3) is 5.76. The maximum absolute atomic E-state index is 12.1. The SMILES string of the molecule is CC(=O)NCc1ccc(C(=O)NCCOc2cccc(C)c2)cc1. The number of nitrogens with one attached hydrogen (secondary N) is 2. The number of benzene rings is 2. The van der Waals surface area contributed by atoms with Crippen LogP contribution in [0.1, 0.15) is 28.4 Å². The fraction of sp³-hybridized carbons (Fsp3) is 0.263. The molecule has 0 atom stereocenters. The molecule has 2 aromatic rings. The van der Waals surface area contributed by atoms with Gasteiger partial charge >= 0.3 is 0 Å². The van der Waals surface area contributed by atoms with Gasteiger partial charge in [0.2, 0.25) is 5.91 Å². The Kier molecular flexibility index (Phi) is 6.37. The second-order valence-corrected chi connectivity index (χ2v) is 5.53. The third-order valence-corrected chi connectivity index (χ3v) is 3.40. The quantitative estimate of drug-likeness (QED) is 0.768. The van der Waals surface area contributed by atoms with Crippen LogP contribution in [0.5, 0.6) is 5.75 Å². The first-order chi connectivity index (χ1) is 11.5. The van der Waals surface area contributed by atoms with E-state index in [0.717, 1.165) is 16.9 Å². The average Bonchev–Trinajstić information content (AvgIpc) is 2.57. The minimum atomic E-state index is -0.145. The van der Waals surface area contributed by atoms with E-state index in [1.54, 1.807) is 12.1 Å². The Balaban J connectivity index is 1.75. The zero-order valence-electron chi connectivity index (χ0n) is 14.0. The molecule has 5 heteroatoms. The highest BCUT2D eigenvalue weighted by atomic mass is 16.5. The van der Waals surface area contributed by atoms with Crippen molar-refractivity contribution >= 4 is 11.8 Å². The summed E-state index contributed by atoms with van der Waals surface area (Å²) in [6.45, 7) is 4.78. The van der Waals surface area contributed by atoms with Crippen LogP contribution in [0.25, 0.3) is 0 Å². The predicted molar refractivity (Wildman–Crippen MR) is 93.0 cm³/mol. The lowest BCUT2D eigenvalue weighted by molar-refractivity contribution is -0.119. The first-order valence-electron chi connectivity index (χ1n) is 7.85. The summed E-state index contributed by atoms with van der Waals surface area (Å²) in [5.74, 6) is 0.575. The number of hydrogen-bond donors (Lipinski definition) is 2. The molecule has 0 unspecified atom stereocenters. The molecule has 0 radical (unpaired) electrons. The first kappa shape index (κ1) is 17.5. The highest BCUT2D eigenvalue weighted by molar-refractivity contribution is 5.94. The molecule has 0 spiro atoms. The molecule has 0 heterocycles. The number of hydrogen-bond acceptors (Lipinski definition) is 3. The van der Waals surface area contributed by atoms with Gasteiger partial charge in [0, 0.05) is 19.0 Å². The van der Waals surface area contributed by atoms with Gasteiger partial charge in [-0.05, 0) is 42.3 Å². The van der Waals surface area contributed by atoms with E-state index in [1.807, 2.05) is 43.3 Å². The number of carbonyl (C=O) groups is 2. The topological polar surface area (TPSA) is 67.4 Å². The molecule has 2 amide bonds. The van der Waals surface area contributed by atoms with Crippen LogP contribution >= 0.6 is 0 Å². The van der Waals surface area contributed by atoms with Crippen LogP contribution in [0.4, 0.5) is 0 Å². The van der Waals surface area contributed by atoms with E-state index >= 15 is 0 Å². The van der Waals surface area contributed by atoms with Crippen molar-refractivity contribution in [3.05, 3.63) is 65.2 Å². The van der Waals surface area contributed by atoms with E-state index in [1.165, 1.54) is 6.92 Å². The zero-order valence-corrected chi connectivity index (χ0v) is 14.0. The van der Waals surface area contributed by atoms with Crippen LogP contribution in [0, 0.1) is 6.92 Å². The lowest BCUT2D eigenvalue weighted by Gasteiger charge is -2.09. The highest BCUT2D eigenvalue weighted by Crippen LogP contribution is 2.11. The summed E-state index contributed by atoms with van der Waals surface area (Å²) in [6.07, 6.45) is 0. The van der Waals surface area contributed by atoms with Gasteiger partial charge in [0.15, 0.2) is 0 Å². The predicted octanol–water partition coefficient (Wildman–Crippen LogP) is 2.44. The summed E-state index contributed by atoms with van der Waals surface area (Å²) in [7, 11) is 0.